The first-order chi connectivity index (χ1) is 8.69. The molecule has 0 aliphatic carbocycles. The molecule has 94 valence electrons. The standard InChI is InChI=1S/C14H13BrO3/c1-17-14-6-5-10(7-13(14)15)9-18-12-4-2-3-11(16)8-12/h2-8,16H,9H2,1H3. The fourth-order valence-electron chi connectivity index (χ4n) is 1.54. The molecule has 0 bridgehead atoms. The lowest BCUT2D eigenvalue weighted by Crippen LogP contribution is -1.96. The predicted molar refractivity (Wildman–Crippen MR) is 73.1 cm³/mol. The van der Waals surface area contributed by atoms with Crippen molar-refractivity contribution >= 4 is 15.9 Å². The van der Waals surface area contributed by atoms with Gasteiger partial charge in [-0.3, -0.25) is 0 Å². The minimum Gasteiger partial charge on any atom is -0.508 e. The van der Waals surface area contributed by atoms with Gasteiger partial charge in [-0.25, -0.2) is 0 Å². The SMILES string of the molecule is COc1ccc(COc2cccc(O)c2)cc1Br. The topological polar surface area (TPSA) is 38.7 Å². The van der Waals surface area contributed by atoms with Gasteiger partial charge in [0.25, 0.3) is 0 Å². The van der Waals surface area contributed by atoms with Crippen molar-refractivity contribution in [3.05, 3.63) is 52.5 Å². The van der Waals surface area contributed by atoms with Crippen molar-refractivity contribution in [2.24, 2.45) is 0 Å². The largest absolute Gasteiger partial charge is 0.508 e. The van der Waals surface area contributed by atoms with Gasteiger partial charge in [0.1, 0.15) is 23.9 Å². The summed E-state index contributed by atoms with van der Waals surface area (Å²) in [6.07, 6.45) is 0. The van der Waals surface area contributed by atoms with Crippen LogP contribution in [0.5, 0.6) is 17.2 Å². The van der Waals surface area contributed by atoms with Crippen LogP contribution in [0.2, 0.25) is 0 Å². The fourth-order valence-corrected chi connectivity index (χ4v) is 2.13. The van der Waals surface area contributed by atoms with Crippen LogP contribution >= 0.6 is 15.9 Å². The molecule has 0 unspecified atom stereocenters. The quantitative estimate of drug-likeness (QED) is 0.935. The smallest absolute Gasteiger partial charge is 0.133 e. The first-order valence-electron chi connectivity index (χ1n) is 5.43. The van der Waals surface area contributed by atoms with E-state index < -0.39 is 0 Å². The highest BCUT2D eigenvalue weighted by Gasteiger charge is 2.02. The van der Waals surface area contributed by atoms with E-state index in [0.29, 0.717) is 12.4 Å². The molecule has 2 rings (SSSR count). The van der Waals surface area contributed by atoms with Gasteiger partial charge in [-0.2, -0.15) is 0 Å². The van der Waals surface area contributed by atoms with Gasteiger partial charge < -0.3 is 14.6 Å². The highest BCUT2D eigenvalue weighted by atomic mass is 79.9. The molecule has 0 heterocycles. The molecule has 0 aliphatic rings. The molecule has 0 atom stereocenters. The molecule has 0 radical (unpaired) electrons. The average Bonchev–Trinajstić information content (AvgIpc) is 2.37. The summed E-state index contributed by atoms with van der Waals surface area (Å²) in [7, 11) is 1.63. The maximum absolute atomic E-state index is 9.32. The van der Waals surface area contributed by atoms with Crippen molar-refractivity contribution in [2.45, 2.75) is 6.61 Å². The number of benzene rings is 2. The summed E-state index contributed by atoms with van der Waals surface area (Å²) in [5, 5.41) is 9.32. The summed E-state index contributed by atoms with van der Waals surface area (Å²) in [6.45, 7) is 0.437. The maximum Gasteiger partial charge on any atom is 0.133 e. The molecule has 0 saturated carbocycles. The number of halogens is 1. The third-order valence-corrected chi connectivity index (χ3v) is 3.06. The Hall–Kier alpha value is -1.68. The highest BCUT2D eigenvalue weighted by molar-refractivity contribution is 9.10. The zero-order chi connectivity index (χ0) is 13.0. The Morgan fingerprint density at radius 1 is 1.17 bits per heavy atom. The lowest BCUT2D eigenvalue weighted by molar-refractivity contribution is 0.304. The molecular formula is C14H13BrO3. The van der Waals surface area contributed by atoms with Crippen LogP contribution in [0.1, 0.15) is 5.56 Å². The molecule has 0 amide bonds. The molecule has 1 N–H and O–H groups in total. The molecule has 0 aromatic heterocycles. The lowest BCUT2D eigenvalue weighted by atomic mass is 10.2. The van der Waals surface area contributed by atoms with Crippen molar-refractivity contribution in [2.75, 3.05) is 7.11 Å². The minimum absolute atomic E-state index is 0.198. The predicted octanol–water partition coefficient (Wildman–Crippen LogP) is 3.74. The molecule has 2 aromatic rings. The summed E-state index contributed by atoms with van der Waals surface area (Å²) < 4.78 is 11.6. The Bertz CT molecular complexity index is 540. The summed E-state index contributed by atoms with van der Waals surface area (Å²) >= 11 is 3.42. The second-order valence-electron chi connectivity index (χ2n) is 3.75. The first-order valence-corrected chi connectivity index (χ1v) is 6.22. The van der Waals surface area contributed by atoms with E-state index in [9.17, 15) is 5.11 Å². The zero-order valence-corrected chi connectivity index (χ0v) is 11.5. The zero-order valence-electron chi connectivity index (χ0n) is 9.89. The van der Waals surface area contributed by atoms with Gasteiger partial charge in [-0.1, -0.05) is 12.1 Å². The van der Waals surface area contributed by atoms with Crippen molar-refractivity contribution in [1.29, 1.82) is 0 Å². The van der Waals surface area contributed by atoms with Crippen LogP contribution in [0, 0.1) is 0 Å². The minimum atomic E-state index is 0.198. The summed E-state index contributed by atoms with van der Waals surface area (Å²) in [5.74, 6) is 1.63. The molecule has 0 spiro atoms. The van der Waals surface area contributed by atoms with E-state index in [1.165, 1.54) is 0 Å². The number of phenolic OH excluding ortho intramolecular Hbond substituents is 1. The van der Waals surface area contributed by atoms with Crippen molar-refractivity contribution < 1.29 is 14.6 Å². The summed E-state index contributed by atoms with van der Waals surface area (Å²) in [4.78, 5) is 0. The number of aromatic hydroxyl groups is 1. The summed E-state index contributed by atoms with van der Waals surface area (Å²) in [5.41, 5.74) is 1.02. The number of phenols is 1. The molecule has 2 aromatic carbocycles. The number of methoxy groups -OCH3 is 1. The van der Waals surface area contributed by atoms with Crippen molar-refractivity contribution in [3.63, 3.8) is 0 Å². The van der Waals surface area contributed by atoms with E-state index in [1.54, 1.807) is 31.4 Å². The van der Waals surface area contributed by atoms with Crippen molar-refractivity contribution in [3.8, 4) is 17.2 Å². The fraction of sp³-hybridized carbons (Fsp3) is 0.143. The van der Waals surface area contributed by atoms with E-state index in [1.807, 2.05) is 18.2 Å². The first kappa shape index (κ1) is 12.8. The van der Waals surface area contributed by atoms with Gasteiger partial charge in [0, 0.05) is 6.07 Å². The van der Waals surface area contributed by atoms with E-state index in [0.717, 1.165) is 15.8 Å². The second-order valence-corrected chi connectivity index (χ2v) is 4.61. The molecule has 0 aliphatic heterocycles. The normalized spacial score (nSPS) is 10.1. The maximum atomic E-state index is 9.32. The Kier molecular flexibility index (Phi) is 4.10. The van der Waals surface area contributed by atoms with Gasteiger partial charge in [-0.15, -0.1) is 0 Å². The van der Waals surface area contributed by atoms with Gasteiger partial charge >= 0.3 is 0 Å². The lowest BCUT2D eigenvalue weighted by Gasteiger charge is -2.08. The van der Waals surface area contributed by atoms with Gasteiger partial charge in [0.15, 0.2) is 0 Å². The molecule has 0 saturated heterocycles. The van der Waals surface area contributed by atoms with Crippen LogP contribution in [0.25, 0.3) is 0 Å². The van der Waals surface area contributed by atoms with Crippen LogP contribution in [0.15, 0.2) is 46.9 Å². The molecule has 18 heavy (non-hydrogen) atoms. The van der Waals surface area contributed by atoms with Crippen molar-refractivity contribution in [1.82, 2.24) is 0 Å². The third kappa shape index (κ3) is 3.17. The number of ether oxygens (including phenoxy) is 2. The number of rotatable bonds is 4. The van der Waals surface area contributed by atoms with Crippen LogP contribution in [0.3, 0.4) is 0 Å². The number of hydrogen-bond donors (Lipinski definition) is 1. The summed E-state index contributed by atoms with van der Waals surface area (Å²) in [6, 6.07) is 12.5. The Morgan fingerprint density at radius 3 is 2.67 bits per heavy atom. The van der Waals surface area contributed by atoms with Gasteiger partial charge in [-0.05, 0) is 45.8 Å². The van der Waals surface area contributed by atoms with Crippen LogP contribution in [0.4, 0.5) is 0 Å². The third-order valence-electron chi connectivity index (χ3n) is 2.44. The Morgan fingerprint density at radius 2 is 2.00 bits per heavy atom. The molecular weight excluding hydrogens is 296 g/mol. The van der Waals surface area contributed by atoms with Crippen LogP contribution in [-0.2, 0) is 6.61 Å². The Labute approximate surface area is 114 Å². The monoisotopic (exact) mass is 308 g/mol. The van der Waals surface area contributed by atoms with Gasteiger partial charge in [0.05, 0.1) is 11.6 Å². The molecule has 0 fully saturated rings. The van der Waals surface area contributed by atoms with E-state index in [-0.39, 0.29) is 5.75 Å². The highest BCUT2D eigenvalue weighted by Crippen LogP contribution is 2.26. The van der Waals surface area contributed by atoms with E-state index in [2.05, 4.69) is 15.9 Å². The average molecular weight is 309 g/mol. The molecule has 4 heteroatoms. The number of hydrogen-bond acceptors (Lipinski definition) is 3. The second kappa shape index (κ2) is 5.78. The van der Waals surface area contributed by atoms with Crippen LogP contribution < -0.4 is 9.47 Å². The van der Waals surface area contributed by atoms with E-state index >= 15 is 0 Å². The Balaban J connectivity index is 2.04. The van der Waals surface area contributed by atoms with Crippen LogP contribution in [-0.4, -0.2) is 12.2 Å². The van der Waals surface area contributed by atoms with E-state index in [4.69, 9.17) is 9.47 Å². The van der Waals surface area contributed by atoms with Gasteiger partial charge in [0.2, 0.25) is 0 Å². The molecule has 3 nitrogen and oxygen atoms in total.